The van der Waals surface area contributed by atoms with Crippen LogP contribution in [0.4, 0.5) is 0 Å². The smallest absolute Gasteiger partial charge is 0.198 e. The Morgan fingerprint density at radius 3 is 2.76 bits per heavy atom. The number of carbonyl (C=O) groups is 1. The largest absolute Gasteiger partial charge is 0.496 e. The number of rotatable bonds is 3. The van der Waals surface area contributed by atoms with Gasteiger partial charge in [-0.3, -0.25) is 4.79 Å². The summed E-state index contributed by atoms with van der Waals surface area (Å²) in [5, 5.41) is 1.40. The van der Waals surface area contributed by atoms with Crippen molar-refractivity contribution in [3.63, 3.8) is 0 Å². The van der Waals surface area contributed by atoms with Crippen LogP contribution in [0.2, 0.25) is 5.02 Å². The molecule has 0 bridgehead atoms. The fraction of sp³-hybridized carbons (Fsp3) is 0.0625. The number of carbonyl (C=O) groups excluding carboxylic acids is 1. The molecule has 1 N–H and O–H groups in total. The molecule has 5 heteroatoms. The zero-order valence-corrected chi connectivity index (χ0v) is 13.5. The summed E-state index contributed by atoms with van der Waals surface area (Å²) in [4.78, 5) is 15.9. The summed E-state index contributed by atoms with van der Waals surface area (Å²) in [6.07, 6.45) is 1.70. The van der Waals surface area contributed by atoms with E-state index in [0.717, 1.165) is 15.4 Å². The molecule has 1 heterocycles. The van der Waals surface area contributed by atoms with Gasteiger partial charge in [-0.05, 0) is 36.4 Å². The van der Waals surface area contributed by atoms with E-state index in [4.69, 9.17) is 16.3 Å². The van der Waals surface area contributed by atoms with Crippen molar-refractivity contribution >= 4 is 44.2 Å². The Morgan fingerprint density at radius 2 is 2.00 bits per heavy atom. The number of aromatic nitrogens is 1. The molecule has 0 atom stereocenters. The van der Waals surface area contributed by atoms with E-state index in [1.165, 1.54) is 0 Å². The van der Waals surface area contributed by atoms with Crippen LogP contribution in [0.25, 0.3) is 10.9 Å². The summed E-state index contributed by atoms with van der Waals surface area (Å²) in [5.41, 5.74) is 1.97. The summed E-state index contributed by atoms with van der Waals surface area (Å²) in [7, 11) is 1.55. The molecule has 1 aromatic heterocycles. The summed E-state index contributed by atoms with van der Waals surface area (Å²) < 4.78 is 6.15. The number of aromatic amines is 1. The molecule has 0 saturated carbocycles. The highest BCUT2D eigenvalue weighted by Crippen LogP contribution is 2.29. The van der Waals surface area contributed by atoms with Crippen molar-refractivity contribution in [2.75, 3.05) is 7.11 Å². The summed E-state index contributed by atoms with van der Waals surface area (Å²) in [5.74, 6) is 0.429. The van der Waals surface area contributed by atoms with Crippen LogP contribution in [0.5, 0.6) is 5.75 Å². The Bertz CT molecular complexity index is 841. The minimum Gasteiger partial charge on any atom is -0.496 e. The first kappa shape index (κ1) is 14.2. The predicted octanol–water partition coefficient (Wildman–Crippen LogP) is 4.82. The minimum absolute atomic E-state index is 0.104. The Labute approximate surface area is 135 Å². The van der Waals surface area contributed by atoms with Crippen LogP contribution in [-0.2, 0) is 0 Å². The fourth-order valence-corrected chi connectivity index (χ4v) is 2.79. The third kappa shape index (κ3) is 2.57. The highest BCUT2D eigenvalue weighted by molar-refractivity contribution is 9.10. The highest BCUT2D eigenvalue weighted by atomic mass is 79.9. The number of fused-ring (bicyclic) bond motifs is 1. The molecule has 0 amide bonds. The van der Waals surface area contributed by atoms with E-state index in [9.17, 15) is 4.79 Å². The van der Waals surface area contributed by atoms with Gasteiger partial charge in [-0.1, -0.05) is 27.5 Å². The Balaban J connectivity index is 2.15. The number of H-pyrrole nitrogens is 1. The maximum Gasteiger partial charge on any atom is 0.198 e. The second kappa shape index (κ2) is 5.54. The van der Waals surface area contributed by atoms with Gasteiger partial charge >= 0.3 is 0 Å². The van der Waals surface area contributed by atoms with Crippen LogP contribution in [0.3, 0.4) is 0 Å². The molecular formula is C16H11BrClNO2. The van der Waals surface area contributed by atoms with Crippen molar-refractivity contribution in [2.24, 2.45) is 0 Å². The van der Waals surface area contributed by atoms with Gasteiger partial charge in [0, 0.05) is 32.2 Å². The van der Waals surface area contributed by atoms with Crippen molar-refractivity contribution in [2.45, 2.75) is 0 Å². The van der Waals surface area contributed by atoms with E-state index < -0.39 is 0 Å². The highest BCUT2D eigenvalue weighted by Gasteiger charge is 2.18. The van der Waals surface area contributed by atoms with E-state index in [1.54, 1.807) is 37.6 Å². The first-order valence-corrected chi connectivity index (χ1v) is 7.42. The molecule has 21 heavy (non-hydrogen) atoms. The molecule has 0 aliphatic heterocycles. The van der Waals surface area contributed by atoms with Crippen LogP contribution in [0, 0.1) is 0 Å². The van der Waals surface area contributed by atoms with Gasteiger partial charge in [0.2, 0.25) is 0 Å². The number of benzene rings is 2. The monoisotopic (exact) mass is 363 g/mol. The van der Waals surface area contributed by atoms with Gasteiger partial charge in [0.15, 0.2) is 5.78 Å². The quantitative estimate of drug-likeness (QED) is 0.677. The van der Waals surface area contributed by atoms with Crippen molar-refractivity contribution < 1.29 is 9.53 Å². The van der Waals surface area contributed by atoms with Crippen LogP contribution in [-0.4, -0.2) is 17.9 Å². The van der Waals surface area contributed by atoms with Crippen LogP contribution >= 0.6 is 27.5 Å². The second-order valence-electron chi connectivity index (χ2n) is 4.57. The lowest BCUT2D eigenvalue weighted by molar-refractivity contribution is 0.103. The van der Waals surface area contributed by atoms with E-state index >= 15 is 0 Å². The van der Waals surface area contributed by atoms with E-state index in [-0.39, 0.29) is 5.78 Å². The molecule has 2 aromatic carbocycles. The van der Waals surface area contributed by atoms with Crippen molar-refractivity contribution in [1.82, 2.24) is 4.98 Å². The number of methoxy groups -OCH3 is 1. The molecular weight excluding hydrogens is 354 g/mol. The van der Waals surface area contributed by atoms with Crippen LogP contribution in [0.1, 0.15) is 15.9 Å². The summed E-state index contributed by atoms with van der Waals surface area (Å²) in [6, 6.07) is 10.8. The topological polar surface area (TPSA) is 42.1 Å². The van der Waals surface area contributed by atoms with Crippen molar-refractivity contribution in [3.8, 4) is 5.75 Å². The lowest BCUT2D eigenvalue weighted by Crippen LogP contribution is -2.03. The Morgan fingerprint density at radius 1 is 1.19 bits per heavy atom. The van der Waals surface area contributed by atoms with Gasteiger partial charge in [-0.15, -0.1) is 0 Å². The fourth-order valence-electron chi connectivity index (χ4n) is 2.28. The van der Waals surface area contributed by atoms with Gasteiger partial charge in [0.25, 0.3) is 0 Å². The zero-order valence-electron chi connectivity index (χ0n) is 11.1. The van der Waals surface area contributed by atoms with Gasteiger partial charge in [-0.2, -0.15) is 0 Å². The standard InChI is InChI=1S/C16H11BrClNO2/c1-21-15-6-9(17)2-4-11(15)16(20)13-8-19-14-5-3-10(18)7-12(13)14/h2-8,19H,1H3. The molecule has 0 aliphatic carbocycles. The van der Waals surface area contributed by atoms with Gasteiger partial charge < -0.3 is 9.72 Å². The number of nitrogens with one attached hydrogen (secondary N) is 1. The maximum atomic E-state index is 12.8. The third-order valence-corrected chi connectivity index (χ3v) is 4.02. The summed E-state index contributed by atoms with van der Waals surface area (Å²) >= 11 is 9.39. The molecule has 0 unspecified atom stereocenters. The number of ether oxygens (including phenoxy) is 1. The zero-order chi connectivity index (χ0) is 15.0. The van der Waals surface area contributed by atoms with E-state index in [0.29, 0.717) is 21.9 Å². The second-order valence-corrected chi connectivity index (χ2v) is 5.92. The van der Waals surface area contributed by atoms with Crippen LogP contribution in [0.15, 0.2) is 47.1 Å². The predicted molar refractivity (Wildman–Crippen MR) is 87.4 cm³/mol. The normalized spacial score (nSPS) is 10.8. The van der Waals surface area contributed by atoms with Gasteiger partial charge in [-0.25, -0.2) is 0 Å². The van der Waals surface area contributed by atoms with Gasteiger partial charge in [0.05, 0.1) is 12.7 Å². The Hall–Kier alpha value is -1.78. The average Bonchev–Trinajstić information content (AvgIpc) is 2.89. The summed E-state index contributed by atoms with van der Waals surface area (Å²) in [6.45, 7) is 0. The van der Waals surface area contributed by atoms with Gasteiger partial charge in [0.1, 0.15) is 5.75 Å². The third-order valence-electron chi connectivity index (χ3n) is 3.30. The molecule has 0 saturated heterocycles. The number of ketones is 1. The van der Waals surface area contributed by atoms with Crippen LogP contribution < -0.4 is 4.74 Å². The first-order chi connectivity index (χ1) is 10.1. The molecule has 0 aliphatic rings. The molecule has 3 rings (SSSR count). The molecule has 3 nitrogen and oxygen atoms in total. The maximum absolute atomic E-state index is 12.8. The van der Waals surface area contributed by atoms with Crippen molar-refractivity contribution in [3.05, 3.63) is 63.2 Å². The number of halogens is 2. The SMILES string of the molecule is COc1cc(Br)ccc1C(=O)c1c[nH]c2ccc(Cl)cc12. The molecule has 3 aromatic rings. The molecule has 0 fully saturated rings. The number of hydrogen-bond acceptors (Lipinski definition) is 2. The minimum atomic E-state index is -0.104. The molecule has 0 spiro atoms. The van der Waals surface area contributed by atoms with Crippen molar-refractivity contribution in [1.29, 1.82) is 0 Å². The van der Waals surface area contributed by atoms with E-state index in [2.05, 4.69) is 20.9 Å². The lowest BCUT2D eigenvalue weighted by atomic mass is 10.0. The first-order valence-electron chi connectivity index (χ1n) is 6.25. The molecule has 0 radical (unpaired) electrons. The Kier molecular flexibility index (Phi) is 3.74. The average molecular weight is 365 g/mol. The van der Waals surface area contributed by atoms with E-state index in [1.807, 2.05) is 12.1 Å². The number of hydrogen-bond donors (Lipinski definition) is 1. The molecule has 106 valence electrons. The lowest BCUT2D eigenvalue weighted by Gasteiger charge is -2.07.